The van der Waals surface area contributed by atoms with Crippen molar-refractivity contribution in [2.75, 3.05) is 30.9 Å². The molecule has 2 N–H and O–H groups in total. The van der Waals surface area contributed by atoms with Crippen molar-refractivity contribution in [1.29, 1.82) is 0 Å². The number of nitrogens with zero attached hydrogens (tertiary/aromatic N) is 3. The number of carbonyl (C=O) groups is 3. The molecule has 3 rings (SSSR count). The number of amides is 2. The summed E-state index contributed by atoms with van der Waals surface area (Å²) in [5.41, 5.74) is 0.796. The maximum absolute atomic E-state index is 13.1. The molecule has 0 fully saturated rings. The molecule has 168 valence electrons. The van der Waals surface area contributed by atoms with Crippen LogP contribution in [0.2, 0.25) is 0 Å². The molecule has 0 bridgehead atoms. The largest absolute Gasteiger partial charge is 0.372 e. The molecule has 33 heavy (non-hydrogen) atoms. The number of nitrogens with one attached hydrogen (secondary N) is 2. The molecular weight excluding hydrogens is 426 g/mol. The topological polar surface area (TPSA) is 135 Å². The first-order valence-corrected chi connectivity index (χ1v) is 9.85. The van der Waals surface area contributed by atoms with Crippen molar-refractivity contribution in [2.45, 2.75) is 0 Å². The van der Waals surface area contributed by atoms with Gasteiger partial charge in [0, 0.05) is 37.5 Å². The normalized spacial score (nSPS) is 10.2. The van der Waals surface area contributed by atoms with E-state index >= 15 is 0 Å². The van der Waals surface area contributed by atoms with Crippen molar-refractivity contribution >= 4 is 34.7 Å². The highest BCUT2D eigenvalue weighted by Gasteiger charge is 2.23. The van der Waals surface area contributed by atoms with Crippen molar-refractivity contribution in [3.05, 3.63) is 93.8 Å². The van der Waals surface area contributed by atoms with Gasteiger partial charge in [-0.2, -0.15) is 0 Å². The minimum Gasteiger partial charge on any atom is -0.372 e. The first kappa shape index (κ1) is 23.1. The molecule has 2 amide bonds. The van der Waals surface area contributed by atoms with Crippen molar-refractivity contribution < 1.29 is 19.3 Å². The summed E-state index contributed by atoms with van der Waals surface area (Å²) < 4.78 is 0. The Bertz CT molecular complexity index is 1210. The second kappa shape index (κ2) is 10.1. The third-order valence-electron chi connectivity index (χ3n) is 4.69. The summed E-state index contributed by atoms with van der Waals surface area (Å²) >= 11 is 0. The molecule has 0 saturated carbocycles. The molecule has 0 atom stereocenters. The lowest BCUT2D eigenvalue weighted by Gasteiger charge is -2.14. The summed E-state index contributed by atoms with van der Waals surface area (Å²) in [6.45, 7) is -0.320. The predicted octanol–water partition coefficient (Wildman–Crippen LogP) is 2.66. The van der Waals surface area contributed by atoms with Gasteiger partial charge < -0.3 is 15.5 Å². The van der Waals surface area contributed by atoms with Gasteiger partial charge in [-0.15, -0.1) is 0 Å². The molecule has 0 aliphatic rings. The highest BCUT2D eigenvalue weighted by Crippen LogP contribution is 2.29. The van der Waals surface area contributed by atoms with E-state index < -0.39 is 22.5 Å². The molecule has 0 saturated heterocycles. The Morgan fingerprint density at radius 1 is 1.03 bits per heavy atom. The summed E-state index contributed by atoms with van der Waals surface area (Å²) in [7, 11) is 3.32. The fourth-order valence-electron chi connectivity index (χ4n) is 3.12. The van der Waals surface area contributed by atoms with E-state index in [1.807, 2.05) is 0 Å². The number of carbonyl (C=O) groups excluding carboxylic acids is 3. The molecule has 0 aliphatic heterocycles. The molecule has 1 aromatic heterocycles. The molecule has 1 heterocycles. The summed E-state index contributed by atoms with van der Waals surface area (Å²) in [5.74, 6) is -1.64. The van der Waals surface area contributed by atoms with Crippen LogP contribution >= 0.6 is 0 Å². The summed E-state index contributed by atoms with van der Waals surface area (Å²) in [6.07, 6.45) is 3.03. The monoisotopic (exact) mass is 447 g/mol. The standard InChI is InChI=1S/C23H21N5O5/c1-27(2)19-10-9-15(12-20(19)28(32)33)22(30)17-7-3-4-8-18(17)23(31)25-14-21(29)26-16-6-5-11-24-13-16/h3-13H,14H2,1-2H3,(H,25,31)(H,26,29). The number of benzene rings is 2. The van der Waals surface area contributed by atoms with Crippen molar-refractivity contribution in [2.24, 2.45) is 0 Å². The molecule has 0 aliphatic carbocycles. The smallest absolute Gasteiger partial charge is 0.293 e. The van der Waals surface area contributed by atoms with Gasteiger partial charge in [-0.05, 0) is 30.3 Å². The van der Waals surface area contributed by atoms with Gasteiger partial charge in [-0.3, -0.25) is 29.5 Å². The van der Waals surface area contributed by atoms with Gasteiger partial charge in [0.2, 0.25) is 5.91 Å². The quantitative estimate of drug-likeness (QED) is 0.308. The Labute approximate surface area is 189 Å². The fraction of sp³-hybridized carbons (Fsp3) is 0.130. The maximum Gasteiger partial charge on any atom is 0.293 e. The minimum absolute atomic E-state index is 0.0519. The van der Waals surface area contributed by atoms with Gasteiger partial charge in [-0.1, -0.05) is 18.2 Å². The zero-order chi connectivity index (χ0) is 24.0. The lowest BCUT2D eigenvalue weighted by atomic mass is 9.97. The number of pyridine rings is 1. The van der Waals surface area contributed by atoms with E-state index in [4.69, 9.17) is 0 Å². The SMILES string of the molecule is CN(C)c1ccc(C(=O)c2ccccc2C(=O)NCC(=O)Nc2cccnc2)cc1[N+](=O)[O-]. The first-order valence-electron chi connectivity index (χ1n) is 9.85. The van der Waals surface area contributed by atoms with Gasteiger partial charge in [0.15, 0.2) is 5.78 Å². The van der Waals surface area contributed by atoms with Crippen molar-refractivity contribution in [3.8, 4) is 0 Å². The third-order valence-corrected chi connectivity index (χ3v) is 4.69. The number of hydrogen-bond donors (Lipinski definition) is 2. The maximum atomic E-state index is 13.1. The van der Waals surface area contributed by atoms with Crippen molar-refractivity contribution in [1.82, 2.24) is 10.3 Å². The van der Waals surface area contributed by atoms with Crippen LogP contribution in [0.1, 0.15) is 26.3 Å². The van der Waals surface area contributed by atoms with Gasteiger partial charge >= 0.3 is 0 Å². The highest BCUT2D eigenvalue weighted by atomic mass is 16.6. The average Bonchev–Trinajstić information content (AvgIpc) is 2.82. The first-order chi connectivity index (χ1) is 15.8. The van der Waals surface area contributed by atoms with Crippen LogP contribution in [-0.2, 0) is 4.79 Å². The number of aromatic nitrogens is 1. The third kappa shape index (κ3) is 5.56. The van der Waals surface area contributed by atoms with Crippen LogP contribution in [0.4, 0.5) is 17.1 Å². The fourth-order valence-corrected chi connectivity index (χ4v) is 3.12. The average molecular weight is 447 g/mol. The van der Waals surface area contributed by atoms with Gasteiger partial charge in [0.1, 0.15) is 5.69 Å². The van der Waals surface area contributed by atoms with Gasteiger partial charge in [0.25, 0.3) is 11.6 Å². The molecule has 0 spiro atoms. The lowest BCUT2D eigenvalue weighted by Crippen LogP contribution is -2.33. The van der Waals surface area contributed by atoms with Crippen molar-refractivity contribution in [3.63, 3.8) is 0 Å². The Balaban J connectivity index is 1.79. The highest BCUT2D eigenvalue weighted by molar-refractivity contribution is 6.16. The molecule has 0 radical (unpaired) electrons. The molecule has 2 aromatic carbocycles. The molecule has 3 aromatic rings. The van der Waals surface area contributed by atoms with Crippen LogP contribution in [0.3, 0.4) is 0 Å². The Kier molecular flexibility index (Phi) is 7.09. The second-order valence-electron chi connectivity index (χ2n) is 7.20. The van der Waals surface area contributed by atoms with E-state index in [1.54, 1.807) is 49.5 Å². The van der Waals surface area contributed by atoms with Crippen LogP contribution in [-0.4, -0.2) is 48.1 Å². The van der Waals surface area contributed by atoms with Crippen LogP contribution in [0.15, 0.2) is 67.0 Å². The van der Waals surface area contributed by atoms with E-state index in [9.17, 15) is 24.5 Å². The predicted molar refractivity (Wildman–Crippen MR) is 122 cm³/mol. The van der Waals surface area contributed by atoms with Crippen LogP contribution in [0, 0.1) is 10.1 Å². The molecular formula is C23H21N5O5. The Morgan fingerprint density at radius 2 is 1.76 bits per heavy atom. The number of anilines is 2. The summed E-state index contributed by atoms with van der Waals surface area (Å²) in [6, 6.07) is 13.5. The zero-order valence-corrected chi connectivity index (χ0v) is 17.9. The second-order valence-corrected chi connectivity index (χ2v) is 7.20. The number of nitro groups is 1. The number of nitro benzene ring substituents is 1. The molecule has 10 nitrogen and oxygen atoms in total. The van der Waals surface area contributed by atoms with Crippen LogP contribution in [0.5, 0.6) is 0 Å². The molecule has 10 heteroatoms. The minimum atomic E-state index is -0.625. The number of hydrogen-bond acceptors (Lipinski definition) is 7. The van der Waals surface area contributed by atoms with Gasteiger partial charge in [-0.25, -0.2) is 0 Å². The van der Waals surface area contributed by atoms with E-state index in [0.717, 1.165) is 0 Å². The van der Waals surface area contributed by atoms with Crippen LogP contribution < -0.4 is 15.5 Å². The summed E-state index contributed by atoms with van der Waals surface area (Å²) in [5, 5.41) is 16.5. The van der Waals surface area contributed by atoms with Crippen LogP contribution in [0.25, 0.3) is 0 Å². The van der Waals surface area contributed by atoms with E-state index in [1.165, 1.54) is 36.5 Å². The zero-order valence-electron chi connectivity index (χ0n) is 17.9. The molecule has 0 unspecified atom stereocenters. The lowest BCUT2D eigenvalue weighted by molar-refractivity contribution is -0.384. The van der Waals surface area contributed by atoms with E-state index in [2.05, 4.69) is 15.6 Å². The number of ketones is 1. The number of rotatable bonds is 8. The van der Waals surface area contributed by atoms with E-state index in [-0.39, 0.29) is 28.9 Å². The summed E-state index contributed by atoms with van der Waals surface area (Å²) in [4.78, 5) is 54.3. The Hall–Kier alpha value is -4.60. The van der Waals surface area contributed by atoms with Gasteiger partial charge in [0.05, 0.1) is 28.9 Å². The van der Waals surface area contributed by atoms with E-state index in [0.29, 0.717) is 11.4 Å². The Morgan fingerprint density at radius 3 is 2.39 bits per heavy atom.